The Bertz CT molecular complexity index is 325. The molecule has 0 atom stereocenters. The molecule has 156 valence electrons. The predicted molar refractivity (Wildman–Crippen MR) is 124 cm³/mol. The van der Waals surface area contributed by atoms with Crippen LogP contribution in [0.2, 0.25) is 17.8 Å². The van der Waals surface area contributed by atoms with Gasteiger partial charge in [-0.1, -0.05) is 0 Å². The van der Waals surface area contributed by atoms with Crippen molar-refractivity contribution in [1.82, 2.24) is 0 Å². The summed E-state index contributed by atoms with van der Waals surface area (Å²) in [4.78, 5) is 0. The molecule has 0 spiro atoms. The van der Waals surface area contributed by atoms with Gasteiger partial charge in [0, 0.05) is 0 Å². The fourth-order valence-electron chi connectivity index (χ4n) is 6.90. The van der Waals surface area contributed by atoms with Gasteiger partial charge in [0.1, 0.15) is 0 Å². The van der Waals surface area contributed by atoms with Crippen molar-refractivity contribution in [3.63, 3.8) is 0 Å². The summed E-state index contributed by atoms with van der Waals surface area (Å²) in [5, 5.41) is 0. The van der Waals surface area contributed by atoms with Crippen LogP contribution in [0.15, 0.2) is 0 Å². The monoisotopic (exact) mass is 588 g/mol. The van der Waals surface area contributed by atoms with E-state index in [0.717, 1.165) is 0 Å². The molecule has 0 heterocycles. The van der Waals surface area contributed by atoms with Crippen LogP contribution in [0.4, 0.5) is 0 Å². The Morgan fingerprint density at radius 1 is 0.333 bits per heavy atom. The molecule has 0 aromatic carbocycles. The quantitative estimate of drug-likeness (QED) is 0.271. The summed E-state index contributed by atoms with van der Waals surface area (Å²) in [5.41, 5.74) is 0. The van der Waals surface area contributed by atoms with E-state index in [9.17, 15) is 0 Å². The molecule has 0 saturated heterocycles. The number of hydrogen-bond acceptors (Lipinski definition) is 0. The second kappa shape index (κ2) is 11.9. The van der Waals surface area contributed by atoms with E-state index in [-0.39, 0.29) is 0 Å². The van der Waals surface area contributed by atoms with Crippen LogP contribution in [0.5, 0.6) is 0 Å². The molecule has 0 unspecified atom stereocenters. The van der Waals surface area contributed by atoms with Gasteiger partial charge in [0.15, 0.2) is 0 Å². The van der Waals surface area contributed by atoms with E-state index in [1.807, 2.05) is 2.31 Å². The standard InChI is InChI=1S/4C6H11.CH2.2Sb/c4*1-2-4-6-5-3-1;;;/h4*1H,2-6H2;1H2;;. The van der Waals surface area contributed by atoms with E-state index in [1.54, 1.807) is 128 Å². The first-order valence-electron chi connectivity index (χ1n) is 12.9. The van der Waals surface area contributed by atoms with Crippen molar-refractivity contribution in [3.05, 3.63) is 0 Å². The van der Waals surface area contributed by atoms with Gasteiger partial charge in [-0.3, -0.25) is 0 Å². The molecule has 0 aromatic heterocycles. The Hall–Kier alpha value is 1.64. The molecule has 4 fully saturated rings. The first kappa shape index (κ1) is 21.9. The van der Waals surface area contributed by atoms with Gasteiger partial charge in [-0.15, -0.1) is 0 Å². The topological polar surface area (TPSA) is 0 Å². The number of hydrogen-bond donors (Lipinski definition) is 0. The zero-order chi connectivity index (χ0) is 18.3. The van der Waals surface area contributed by atoms with E-state index < -0.39 is 40.4 Å². The number of rotatable bonds is 6. The normalized spacial score (nSPS) is 28.2. The third-order valence-electron chi connectivity index (χ3n) is 8.50. The van der Waals surface area contributed by atoms with E-state index in [4.69, 9.17) is 0 Å². The van der Waals surface area contributed by atoms with Crippen molar-refractivity contribution in [2.75, 3.05) is 0 Å². The van der Waals surface area contributed by atoms with Crippen molar-refractivity contribution in [2.45, 2.75) is 146 Å². The third-order valence-corrected chi connectivity index (χ3v) is 39.5. The van der Waals surface area contributed by atoms with Gasteiger partial charge in [-0.05, 0) is 0 Å². The maximum atomic E-state index is 2.02. The minimum absolute atomic E-state index is 1.06. The van der Waals surface area contributed by atoms with Gasteiger partial charge in [0.2, 0.25) is 0 Å². The summed E-state index contributed by atoms with van der Waals surface area (Å²) in [5.74, 6) is 0. The molecule has 27 heavy (non-hydrogen) atoms. The summed E-state index contributed by atoms with van der Waals surface area (Å²) in [7, 11) is 0. The van der Waals surface area contributed by atoms with E-state index in [1.165, 1.54) is 15.5 Å². The van der Waals surface area contributed by atoms with Crippen molar-refractivity contribution < 1.29 is 0 Å². The molecule has 2 heteroatoms. The van der Waals surface area contributed by atoms with Crippen LogP contribution < -0.4 is 0 Å². The zero-order valence-corrected chi connectivity index (χ0v) is 23.2. The SMILES string of the molecule is C1CC[CH]([Sb]([CH2][Sb]([CH]2CCCCC2)[CH]2CCCCC2)[CH]2CCCCC2)CC1. The minimum atomic E-state index is -1.06. The molecule has 0 nitrogen and oxygen atoms in total. The predicted octanol–water partition coefficient (Wildman–Crippen LogP) is 8.85. The van der Waals surface area contributed by atoms with Gasteiger partial charge in [-0.2, -0.15) is 0 Å². The van der Waals surface area contributed by atoms with Crippen LogP contribution in [0, 0.1) is 0 Å². The molecule has 0 bridgehead atoms. The zero-order valence-electron chi connectivity index (χ0n) is 18.1. The van der Waals surface area contributed by atoms with Crippen molar-refractivity contribution in [2.24, 2.45) is 0 Å². The van der Waals surface area contributed by atoms with Gasteiger partial charge >= 0.3 is 187 Å². The van der Waals surface area contributed by atoms with E-state index in [2.05, 4.69) is 0 Å². The Kier molecular flexibility index (Phi) is 9.61. The Labute approximate surface area is 185 Å². The first-order chi connectivity index (χ1) is 13.4. The summed E-state index contributed by atoms with van der Waals surface area (Å²) in [6.45, 7) is 0. The van der Waals surface area contributed by atoms with Crippen molar-refractivity contribution >= 4 is 40.4 Å². The van der Waals surface area contributed by atoms with Gasteiger partial charge in [0.25, 0.3) is 0 Å². The van der Waals surface area contributed by atoms with Crippen LogP contribution in [0.3, 0.4) is 0 Å². The molecule has 0 amide bonds. The maximum absolute atomic E-state index is 2.02. The first-order valence-corrected chi connectivity index (χ1v) is 22.4. The molecule has 4 aliphatic carbocycles. The van der Waals surface area contributed by atoms with Crippen LogP contribution in [-0.4, -0.2) is 40.4 Å². The molecule has 4 aliphatic rings. The summed E-state index contributed by atoms with van der Waals surface area (Å²) >= 11 is -2.12. The summed E-state index contributed by atoms with van der Waals surface area (Å²) in [6.07, 6.45) is 32.8. The fraction of sp³-hybridized carbons (Fsp3) is 1.00. The second-order valence-electron chi connectivity index (χ2n) is 10.3. The summed E-state index contributed by atoms with van der Waals surface area (Å²) < 4.78 is 7.37. The van der Waals surface area contributed by atoms with Gasteiger partial charge < -0.3 is 0 Å². The van der Waals surface area contributed by atoms with Crippen LogP contribution >= 0.6 is 0 Å². The molecule has 4 saturated carbocycles. The average Bonchev–Trinajstić information content (AvgIpc) is 2.77. The van der Waals surface area contributed by atoms with Gasteiger partial charge in [-0.25, -0.2) is 0 Å². The summed E-state index contributed by atoms with van der Waals surface area (Å²) in [6, 6.07) is 0. The molecule has 4 rings (SSSR count). The molecule has 0 radical (unpaired) electrons. The molecule has 0 aliphatic heterocycles. The average molecular weight is 590 g/mol. The van der Waals surface area contributed by atoms with E-state index in [0.29, 0.717) is 0 Å². The van der Waals surface area contributed by atoms with Crippen LogP contribution in [0.1, 0.15) is 128 Å². The molecule has 0 N–H and O–H groups in total. The Morgan fingerprint density at radius 3 is 0.778 bits per heavy atom. The van der Waals surface area contributed by atoms with Crippen molar-refractivity contribution in [1.29, 1.82) is 0 Å². The van der Waals surface area contributed by atoms with Gasteiger partial charge in [0.05, 0.1) is 0 Å². The Balaban J connectivity index is 1.49. The Morgan fingerprint density at radius 2 is 0.556 bits per heavy atom. The van der Waals surface area contributed by atoms with E-state index >= 15 is 0 Å². The molecule has 0 aromatic rings. The fourth-order valence-corrected chi connectivity index (χ4v) is 50.7. The second-order valence-corrected chi connectivity index (χ2v) is 30.8. The molecular weight excluding hydrogens is 544 g/mol. The van der Waals surface area contributed by atoms with Crippen molar-refractivity contribution in [3.8, 4) is 0 Å². The van der Waals surface area contributed by atoms with Crippen LogP contribution in [-0.2, 0) is 0 Å². The molecular formula is C25H46Sb2. The third kappa shape index (κ3) is 6.31. The van der Waals surface area contributed by atoms with Crippen LogP contribution in [0.25, 0.3) is 0 Å².